The van der Waals surface area contributed by atoms with Gasteiger partial charge < -0.3 is 25.4 Å². The Morgan fingerprint density at radius 3 is 2.90 bits per heavy atom. The molecule has 3 N–H and O–H groups in total. The molecule has 2 aliphatic heterocycles. The van der Waals surface area contributed by atoms with Crippen LogP contribution in [-0.4, -0.2) is 58.5 Å². The van der Waals surface area contributed by atoms with Crippen molar-refractivity contribution >= 4 is 17.6 Å². The highest BCUT2D eigenvalue weighted by Crippen LogP contribution is 2.21. The maximum Gasteiger partial charge on any atom is 0.317 e. The number of hydrogen-bond donors (Lipinski definition) is 2. The largest absolute Gasteiger partial charge is 0.397 e. The summed E-state index contributed by atoms with van der Waals surface area (Å²) in [6, 6.07) is 1.96. The van der Waals surface area contributed by atoms with Crippen molar-refractivity contribution in [3.63, 3.8) is 0 Å². The molecule has 1 aromatic heterocycles. The van der Waals surface area contributed by atoms with Crippen LogP contribution in [0.25, 0.3) is 0 Å². The summed E-state index contributed by atoms with van der Waals surface area (Å²) in [5.41, 5.74) is 7.05. The number of hydrogen-bond acceptors (Lipinski definition) is 3. The number of nitrogens with one attached hydrogen (secondary N) is 1. The van der Waals surface area contributed by atoms with Crippen molar-refractivity contribution in [3.8, 4) is 0 Å². The third-order valence-corrected chi connectivity index (χ3v) is 4.16. The monoisotopic (exact) mass is 291 g/mol. The van der Waals surface area contributed by atoms with Crippen LogP contribution in [0.2, 0.25) is 0 Å². The summed E-state index contributed by atoms with van der Waals surface area (Å²) in [7, 11) is 0. The number of fused-ring (bicyclic) bond motifs is 1. The van der Waals surface area contributed by atoms with Crippen LogP contribution in [0.3, 0.4) is 0 Å². The van der Waals surface area contributed by atoms with E-state index in [1.54, 1.807) is 17.2 Å². The topological polar surface area (TPSA) is 83.6 Å². The molecule has 1 atom stereocenters. The number of amides is 3. The van der Waals surface area contributed by atoms with Gasteiger partial charge in [0.25, 0.3) is 5.91 Å². The lowest BCUT2D eigenvalue weighted by Crippen LogP contribution is -2.54. The first-order chi connectivity index (χ1) is 9.97. The van der Waals surface area contributed by atoms with Crippen LogP contribution in [0.15, 0.2) is 12.3 Å². The molecule has 7 nitrogen and oxygen atoms in total. The SMILES string of the molecule is CC(C)n1cc(N)cc1C(=O)N1CCN2C(=O)NCC2C1. The molecule has 1 aromatic rings. The van der Waals surface area contributed by atoms with E-state index in [-0.39, 0.29) is 24.0 Å². The van der Waals surface area contributed by atoms with Crippen molar-refractivity contribution in [3.05, 3.63) is 18.0 Å². The fraction of sp³-hybridized carbons (Fsp3) is 0.571. The second-order valence-corrected chi connectivity index (χ2v) is 5.94. The van der Waals surface area contributed by atoms with Crippen molar-refractivity contribution in [2.45, 2.75) is 25.9 Å². The molecule has 1 unspecified atom stereocenters. The Bertz CT molecular complexity index is 580. The van der Waals surface area contributed by atoms with Crippen molar-refractivity contribution in [2.75, 3.05) is 31.9 Å². The van der Waals surface area contributed by atoms with E-state index in [1.807, 2.05) is 23.3 Å². The normalized spacial score (nSPS) is 21.7. The Hall–Kier alpha value is -2.18. The van der Waals surface area contributed by atoms with Crippen molar-refractivity contribution in [2.24, 2.45) is 0 Å². The predicted molar refractivity (Wildman–Crippen MR) is 79.0 cm³/mol. The highest BCUT2D eigenvalue weighted by molar-refractivity contribution is 5.94. The lowest BCUT2D eigenvalue weighted by Gasteiger charge is -2.36. The second kappa shape index (κ2) is 4.98. The van der Waals surface area contributed by atoms with Gasteiger partial charge >= 0.3 is 6.03 Å². The summed E-state index contributed by atoms with van der Waals surface area (Å²) in [6.07, 6.45) is 1.80. The van der Waals surface area contributed by atoms with Gasteiger partial charge in [0.05, 0.1) is 11.7 Å². The average Bonchev–Trinajstić information content (AvgIpc) is 3.01. The number of carbonyl (C=O) groups excluding carboxylic acids is 2. The minimum Gasteiger partial charge on any atom is -0.397 e. The van der Waals surface area contributed by atoms with E-state index in [0.717, 1.165) is 0 Å². The summed E-state index contributed by atoms with van der Waals surface area (Å²) >= 11 is 0. The van der Waals surface area contributed by atoms with Crippen molar-refractivity contribution in [1.82, 2.24) is 19.7 Å². The lowest BCUT2D eigenvalue weighted by atomic mass is 10.2. The Labute approximate surface area is 123 Å². The minimum atomic E-state index is -0.0260. The first-order valence-electron chi connectivity index (χ1n) is 7.28. The molecule has 3 rings (SSSR count). The van der Waals surface area contributed by atoms with Gasteiger partial charge in [-0.1, -0.05) is 0 Å². The quantitative estimate of drug-likeness (QED) is 0.832. The maximum atomic E-state index is 12.7. The second-order valence-electron chi connectivity index (χ2n) is 5.94. The molecule has 3 heterocycles. The molecule has 3 amide bonds. The van der Waals surface area contributed by atoms with E-state index >= 15 is 0 Å². The molecule has 0 aliphatic carbocycles. The molecule has 0 aromatic carbocycles. The molecule has 0 saturated carbocycles. The number of nitrogens with two attached hydrogens (primary N) is 1. The van der Waals surface area contributed by atoms with Crippen LogP contribution >= 0.6 is 0 Å². The maximum absolute atomic E-state index is 12.7. The van der Waals surface area contributed by atoms with Crippen LogP contribution in [0, 0.1) is 0 Å². The van der Waals surface area contributed by atoms with Gasteiger partial charge in [0.15, 0.2) is 0 Å². The standard InChI is InChI=1S/C14H21N5O2/c1-9(2)19-7-10(15)5-12(19)13(20)17-3-4-18-11(8-17)6-16-14(18)21/h5,7,9,11H,3-4,6,8,15H2,1-2H3,(H,16,21). The number of rotatable bonds is 2. The van der Waals surface area contributed by atoms with E-state index in [0.29, 0.717) is 37.6 Å². The number of piperazine rings is 1. The van der Waals surface area contributed by atoms with Crippen molar-refractivity contribution < 1.29 is 9.59 Å². The van der Waals surface area contributed by atoms with Gasteiger partial charge in [-0.15, -0.1) is 0 Å². The number of nitrogens with zero attached hydrogens (tertiary/aromatic N) is 3. The summed E-state index contributed by atoms with van der Waals surface area (Å²) in [5.74, 6) is -0.0144. The first kappa shape index (κ1) is 13.8. The number of anilines is 1. The Balaban J connectivity index is 1.79. The van der Waals surface area contributed by atoms with E-state index in [1.165, 1.54) is 0 Å². The number of nitrogen functional groups attached to an aromatic ring is 1. The van der Waals surface area contributed by atoms with E-state index in [2.05, 4.69) is 5.32 Å². The molecule has 7 heteroatoms. The highest BCUT2D eigenvalue weighted by atomic mass is 16.2. The van der Waals surface area contributed by atoms with Crippen LogP contribution in [-0.2, 0) is 0 Å². The van der Waals surface area contributed by atoms with Gasteiger partial charge in [0.1, 0.15) is 5.69 Å². The Kier molecular flexibility index (Phi) is 3.27. The van der Waals surface area contributed by atoms with Gasteiger partial charge in [-0.3, -0.25) is 4.79 Å². The molecule has 2 aliphatic rings. The molecular formula is C14H21N5O2. The Morgan fingerprint density at radius 2 is 2.19 bits per heavy atom. The van der Waals surface area contributed by atoms with Crippen LogP contribution < -0.4 is 11.1 Å². The zero-order chi connectivity index (χ0) is 15.1. The molecular weight excluding hydrogens is 270 g/mol. The predicted octanol–water partition coefficient (Wildman–Crippen LogP) is 0.501. The molecule has 114 valence electrons. The molecule has 2 saturated heterocycles. The fourth-order valence-corrected chi connectivity index (χ4v) is 3.05. The van der Waals surface area contributed by atoms with Gasteiger partial charge in [-0.25, -0.2) is 4.79 Å². The van der Waals surface area contributed by atoms with Gasteiger partial charge in [-0.2, -0.15) is 0 Å². The van der Waals surface area contributed by atoms with Gasteiger partial charge in [0, 0.05) is 38.4 Å². The minimum absolute atomic E-state index is 0.0144. The number of carbonyl (C=O) groups is 2. The molecule has 0 spiro atoms. The van der Waals surface area contributed by atoms with Crippen molar-refractivity contribution in [1.29, 1.82) is 0 Å². The first-order valence-corrected chi connectivity index (χ1v) is 7.28. The van der Waals surface area contributed by atoms with Crippen LogP contribution in [0.4, 0.5) is 10.5 Å². The molecule has 21 heavy (non-hydrogen) atoms. The average molecular weight is 291 g/mol. The summed E-state index contributed by atoms with van der Waals surface area (Å²) < 4.78 is 1.90. The van der Waals surface area contributed by atoms with Crippen LogP contribution in [0.1, 0.15) is 30.4 Å². The summed E-state index contributed by atoms with van der Waals surface area (Å²) in [6.45, 7) is 6.37. The van der Waals surface area contributed by atoms with Gasteiger partial charge in [0.2, 0.25) is 0 Å². The number of aromatic nitrogens is 1. The third-order valence-electron chi connectivity index (χ3n) is 4.16. The fourth-order valence-electron chi connectivity index (χ4n) is 3.05. The lowest BCUT2D eigenvalue weighted by molar-refractivity contribution is 0.0605. The molecule has 0 radical (unpaired) electrons. The smallest absolute Gasteiger partial charge is 0.317 e. The summed E-state index contributed by atoms with van der Waals surface area (Å²) in [5, 5.41) is 2.82. The number of urea groups is 1. The van der Waals surface area contributed by atoms with E-state index in [9.17, 15) is 9.59 Å². The van der Waals surface area contributed by atoms with E-state index in [4.69, 9.17) is 5.73 Å². The highest BCUT2D eigenvalue weighted by Gasteiger charge is 2.37. The zero-order valence-electron chi connectivity index (χ0n) is 12.4. The molecule has 0 bridgehead atoms. The van der Waals surface area contributed by atoms with Crippen LogP contribution in [0.5, 0.6) is 0 Å². The summed E-state index contributed by atoms with van der Waals surface area (Å²) in [4.78, 5) is 27.9. The van der Waals surface area contributed by atoms with Gasteiger partial charge in [-0.05, 0) is 19.9 Å². The molecule has 2 fully saturated rings. The van der Waals surface area contributed by atoms with E-state index < -0.39 is 0 Å². The zero-order valence-corrected chi connectivity index (χ0v) is 12.4. The Morgan fingerprint density at radius 1 is 1.43 bits per heavy atom. The third kappa shape index (κ3) is 2.32.